The zero-order valence-corrected chi connectivity index (χ0v) is 14.8. The summed E-state index contributed by atoms with van der Waals surface area (Å²) in [5.74, 6) is -0.232. The SMILES string of the molecule is CCCCCNC(=O)c1cc(C(=O)N2CCN(CC)CC2)ccn1. The molecule has 1 fully saturated rings. The van der Waals surface area contributed by atoms with Crippen molar-refractivity contribution in [2.75, 3.05) is 39.3 Å². The third-order valence-electron chi connectivity index (χ3n) is 4.41. The van der Waals surface area contributed by atoms with E-state index in [4.69, 9.17) is 0 Å². The Morgan fingerprint density at radius 2 is 1.92 bits per heavy atom. The van der Waals surface area contributed by atoms with Crippen LogP contribution in [-0.4, -0.2) is 65.9 Å². The zero-order chi connectivity index (χ0) is 17.4. The number of piperazine rings is 1. The molecule has 1 aromatic rings. The van der Waals surface area contributed by atoms with Crippen LogP contribution in [0.25, 0.3) is 0 Å². The summed E-state index contributed by atoms with van der Waals surface area (Å²) >= 11 is 0. The number of hydrogen-bond acceptors (Lipinski definition) is 4. The number of aromatic nitrogens is 1. The standard InChI is InChI=1S/C18H28N4O2/c1-3-5-6-8-20-17(23)16-14-15(7-9-19-16)18(24)22-12-10-21(4-2)11-13-22/h7,9,14H,3-6,8,10-13H2,1-2H3,(H,20,23). The van der Waals surface area contributed by atoms with Crippen molar-refractivity contribution < 1.29 is 9.59 Å². The smallest absolute Gasteiger partial charge is 0.269 e. The molecule has 0 unspecified atom stereocenters. The monoisotopic (exact) mass is 332 g/mol. The van der Waals surface area contributed by atoms with Crippen molar-refractivity contribution in [1.82, 2.24) is 20.1 Å². The van der Waals surface area contributed by atoms with Gasteiger partial charge in [-0.3, -0.25) is 14.6 Å². The molecule has 1 aliphatic rings. The number of unbranched alkanes of at least 4 members (excludes halogenated alkanes) is 2. The van der Waals surface area contributed by atoms with Crippen molar-refractivity contribution in [2.24, 2.45) is 0 Å². The first kappa shape index (κ1) is 18.4. The van der Waals surface area contributed by atoms with Crippen molar-refractivity contribution in [3.05, 3.63) is 29.6 Å². The highest BCUT2D eigenvalue weighted by Gasteiger charge is 2.22. The number of carbonyl (C=O) groups excluding carboxylic acids is 2. The van der Waals surface area contributed by atoms with Gasteiger partial charge in [0.15, 0.2) is 0 Å². The van der Waals surface area contributed by atoms with E-state index in [1.165, 1.54) is 6.20 Å². The molecule has 1 saturated heterocycles. The summed E-state index contributed by atoms with van der Waals surface area (Å²) in [5, 5.41) is 2.86. The number of nitrogens with one attached hydrogen (secondary N) is 1. The molecule has 0 aliphatic carbocycles. The normalized spacial score (nSPS) is 15.3. The summed E-state index contributed by atoms with van der Waals surface area (Å²) in [6.45, 7) is 9.17. The van der Waals surface area contributed by atoms with Gasteiger partial charge in [0.1, 0.15) is 5.69 Å². The van der Waals surface area contributed by atoms with Crippen molar-refractivity contribution >= 4 is 11.8 Å². The van der Waals surface area contributed by atoms with Crippen LogP contribution in [-0.2, 0) is 0 Å². The first-order valence-corrected chi connectivity index (χ1v) is 8.91. The summed E-state index contributed by atoms with van der Waals surface area (Å²) in [5.41, 5.74) is 0.846. The molecule has 0 saturated carbocycles. The third-order valence-corrected chi connectivity index (χ3v) is 4.41. The molecule has 132 valence electrons. The van der Waals surface area contributed by atoms with Crippen molar-refractivity contribution in [1.29, 1.82) is 0 Å². The number of hydrogen-bond donors (Lipinski definition) is 1. The van der Waals surface area contributed by atoms with Crippen LogP contribution in [0.3, 0.4) is 0 Å². The summed E-state index contributed by atoms with van der Waals surface area (Å²) < 4.78 is 0. The number of carbonyl (C=O) groups is 2. The van der Waals surface area contributed by atoms with E-state index in [9.17, 15) is 9.59 Å². The molecule has 0 radical (unpaired) electrons. The summed E-state index contributed by atoms with van der Waals surface area (Å²) in [7, 11) is 0. The molecule has 2 heterocycles. The average Bonchev–Trinajstić information content (AvgIpc) is 2.64. The molecule has 0 bridgehead atoms. The zero-order valence-electron chi connectivity index (χ0n) is 14.8. The maximum absolute atomic E-state index is 12.6. The number of pyridine rings is 1. The second-order valence-electron chi connectivity index (χ2n) is 6.12. The van der Waals surface area contributed by atoms with Crippen LogP contribution < -0.4 is 5.32 Å². The molecule has 6 heteroatoms. The van der Waals surface area contributed by atoms with Gasteiger partial charge >= 0.3 is 0 Å². The fourth-order valence-corrected chi connectivity index (χ4v) is 2.80. The minimum Gasteiger partial charge on any atom is -0.351 e. The van der Waals surface area contributed by atoms with Gasteiger partial charge in [0.25, 0.3) is 11.8 Å². The molecular formula is C18H28N4O2. The molecule has 0 aromatic carbocycles. The Morgan fingerprint density at radius 1 is 1.17 bits per heavy atom. The number of rotatable bonds is 7. The minimum atomic E-state index is -0.212. The minimum absolute atomic E-state index is 0.0202. The van der Waals surface area contributed by atoms with Crippen molar-refractivity contribution in [2.45, 2.75) is 33.1 Å². The highest BCUT2D eigenvalue weighted by Crippen LogP contribution is 2.10. The maximum atomic E-state index is 12.6. The van der Waals surface area contributed by atoms with Crippen LogP contribution in [0.5, 0.6) is 0 Å². The molecule has 0 spiro atoms. The molecule has 2 rings (SSSR count). The van der Waals surface area contributed by atoms with E-state index in [-0.39, 0.29) is 11.8 Å². The Bertz CT molecular complexity index is 554. The van der Waals surface area contributed by atoms with E-state index in [0.717, 1.165) is 52.0 Å². The van der Waals surface area contributed by atoms with Gasteiger partial charge in [-0.1, -0.05) is 26.7 Å². The number of nitrogens with zero attached hydrogens (tertiary/aromatic N) is 3. The molecule has 24 heavy (non-hydrogen) atoms. The topological polar surface area (TPSA) is 65.5 Å². The van der Waals surface area contributed by atoms with Gasteiger partial charge in [0, 0.05) is 44.5 Å². The molecule has 1 aromatic heterocycles. The van der Waals surface area contributed by atoms with Crippen LogP contribution in [0.1, 0.15) is 54.0 Å². The molecular weight excluding hydrogens is 304 g/mol. The fraction of sp³-hybridized carbons (Fsp3) is 0.611. The van der Waals surface area contributed by atoms with E-state index in [1.807, 2.05) is 4.90 Å². The Balaban J connectivity index is 1.94. The second-order valence-corrected chi connectivity index (χ2v) is 6.12. The van der Waals surface area contributed by atoms with Crippen LogP contribution >= 0.6 is 0 Å². The number of likely N-dealkylation sites (N-methyl/N-ethyl adjacent to an activating group) is 1. The van der Waals surface area contributed by atoms with E-state index < -0.39 is 0 Å². The van der Waals surface area contributed by atoms with Crippen LogP contribution in [0.15, 0.2) is 18.3 Å². The lowest BCUT2D eigenvalue weighted by atomic mass is 10.1. The Labute approximate surface area is 144 Å². The van der Waals surface area contributed by atoms with Crippen LogP contribution in [0, 0.1) is 0 Å². The summed E-state index contributed by atoms with van der Waals surface area (Å²) in [6, 6.07) is 3.28. The van der Waals surface area contributed by atoms with Crippen LogP contribution in [0.4, 0.5) is 0 Å². The Morgan fingerprint density at radius 3 is 2.58 bits per heavy atom. The van der Waals surface area contributed by atoms with E-state index >= 15 is 0 Å². The molecule has 1 aliphatic heterocycles. The van der Waals surface area contributed by atoms with Crippen molar-refractivity contribution in [3.63, 3.8) is 0 Å². The second kappa shape index (κ2) is 9.37. The third kappa shape index (κ3) is 5.03. The van der Waals surface area contributed by atoms with Crippen molar-refractivity contribution in [3.8, 4) is 0 Å². The van der Waals surface area contributed by atoms with Gasteiger partial charge in [-0.15, -0.1) is 0 Å². The van der Waals surface area contributed by atoms with E-state index in [2.05, 4.69) is 29.0 Å². The van der Waals surface area contributed by atoms with Crippen LogP contribution in [0.2, 0.25) is 0 Å². The Kier molecular flexibility index (Phi) is 7.18. The molecule has 0 atom stereocenters. The predicted octanol–water partition coefficient (Wildman–Crippen LogP) is 1.78. The lowest BCUT2D eigenvalue weighted by Gasteiger charge is -2.34. The fourth-order valence-electron chi connectivity index (χ4n) is 2.80. The van der Waals surface area contributed by atoms with Gasteiger partial charge in [0.05, 0.1) is 0 Å². The number of amides is 2. The van der Waals surface area contributed by atoms with Gasteiger partial charge in [-0.05, 0) is 25.1 Å². The van der Waals surface area contributed by atoms with E-state index in [0.29, 0.717) is 17.8 Å². The quantitative estimate of drug-likeness (QED) is 0.773. The van der Waals surface area contributed by atoms with E-state index in [1.54, 1.807) is 12.1 Å². The maximum Gasteiger partial charge on any atom is 0.269 e. The van der Waals surface area contributed by atoms with Gasteiger partial charge < -0.3 is 15.1 Å². The molecule has 1 N–H and O–H groups in total. The largest absolute Gasteiger partial charge is 0.351 e. The van der Waals surface area contributed by atoms with Gasteiger partial charge in [-0.2, -0.15) is 0 Å². The average molecular weight is 332 g/mol. The molecule has 2 amide bonds. The Hall–Kier alpha value is -1.95. The molecule has 6 nitrogen and oxygen atoms in total. The summed E-state index contributed by atoms with van der Waals surface area (Å²) in [4.78, 5) is 33.0. The predicted molar refractivity (Wildman–Crippen MR) is 94.1 cm³/mol. The lowest BCUT2D eigenvalue weighted by Crippen LogP contribution is -2.48. The van der Waals surface area contributed by atoms with Gasteiger partial charge in [0.2, 0.25) is 0 Å². The van der Waals surface area contributed by atoms with Gasteiger partial charge in [-0.25, -0.2) is 0 Å². The summed E-state index contributed by atoms with van der Waals surface area (Å²) in [6.07, 6.45) is 4.71. The first-order chi connectivity index (χ1) is 11.7. The lowest BCUT2D eigenvalue weighted by molar-refractivity contribution is 0.0643. The highest BCUT2D eigenvalue weighted by atomic mass is 16.2. The first-order valence-electron chi connectivity index (χ1n) is 8.91. The highest BCUT2D eigenvalue weighted by molar-refractivity contribution is 5.98.